The molecule has 0 atom stereocenters. The Balaban J connectivity index is 2.80. The first kappa shape index (κ1) is 12.4. The topological polar surface area (TPSA) is 34.1 Å². The molecule has 1 heterocycles. The summed E-state index contributed by atoms with van der Waals surface area (Å²) in [6.07, 6.45) is 2.75. The highest BCUT2D eigenvalue weighted by Crippen LogP contribution is 2.12. The molecule has 0 radical (unpaired) electrons. The van der Waals surface area contributed by atoms with Crippen molar-refractivity contribution in [1.82, 2.24) is 20.1 Å². The summed E-state index contributed by atoms with van der Waals surface area (Å²) >= 11 is 11.5. The van der Waals surface area contributed by atoms with Gasteiger partial charge in [-0.25, -0.2) is 5.01 Å². The van der Waals surface area contributed by atoms with Gasteiger partial charge in [0.25, 0.3) is 0 Å². The van der Waals surface area contributed by atoms with Crippen LogP contribution in [0.1, 0.15) is 13.3 Å². The third-order valence-corrected chi connectivity index (χ3v) is 2.19. The van der Waals surface area contributed by atoms with E-state index in [0.717, 1.165) is 23.4 Å². The molecule has 0 amide bonds. The number of hydrogen-bond donors (Lipinski definition) is 1. The van der Waals surface area contributed by atoms with Crippen molar-refractivity contribution in [2.45, 2.75) is 13.3 Å². The van der Waals surface area contributed by atoms with Gasteiger partial charge < -0.3 is 0 Å². The van der Waals surface area contributed by atoms with Crippen molar-refractivity contribution in [2.75, 3.05) is 20.6 Å². The first-order valence-corrected chi connectivity index (χ1v) is 5.39. The number of hydrazone groups is 1. The number of rotatable bonds is 4. The molecule has 1 aliphatic rings. The molecular weight excluding hydrogens is 237 g/mol. The molecule has 86 valence electrons. The van der Waals surface area contributed by atoms with Gasteiger partial charge in [-0.2, -0.15) is 0 Å². The molecule has 0 aliphatic carbocycles. The van der Waals surface area contributed by atoms with Crippen LogP contribution in [0.2, 0.25) is 0 Å². The van der Waals surface area contributed by atoms with Gasteiger partial charge in [0.1, 0.15) is 5.82 Å². The molecule has 0 fully saturated rings. The molecule has 1 rings (SSSR count). The lowest BCUT2D eigenvalue weighted by atomic mass is 10.4. The van der Waals surface area contributed by atoms with Crippen molar-refractivity contribution < 1.29 is 0 Å². The Labute approximate surface area is 100.0 Å². The normalized spacial score (nSPS) is 16.0. The molecule has 0 saturated carbocycles. The lowest BCUT2D eigenvalue weighted by Gasteiger charge is -2.34. The zero-order valence-electron chi connectivity index (χ0n) is 9.04. The summed E-state index contributed by atoms with van der Waals surface area (Å²) in [4.78, 5) is 0. The van der Waals surface area contributed by atoms with Gasteiger partial charge in [-0.05, 0) is 6.42 Å². The third kappa shape index (κ3) is 3.44. The average Bonchev–Trinajstić information content (AvgIpc) is 2.11. The Morgan fingerprint density at radius 1 is 1.53 bits per heavy atom. The molecule has 1 N–H and O–H groups in total. The van der Waals surface area contributed by atoms with E-state index >= 15 is 0 Å². The molecule has 5 nitrogen and oxygen atoms in total. The molecule has 0 aromatic heterocycles. The number of nitrogens with one attached hydrogen (secondary N) is 1. The highest BCUT2D eigenvalue weighted by Gasteiger charge is 2.17. The van der Waals surface area contributed by atoms with E-state index in [1.807, 2.05) is 24.1 Å². The molecule has 15 heavy (non-hydrogen) atoms. The molecule has 0 aromatic carbocycles. The van der Waals surface area contributed by atoms with Crippen LogP contribution in [0.3, 0.4) is 0 Å². The van der Waals surface area contributed by atoms with Crippen molar-refractivity contribution in [3.8, 4) is 0 Å². The van der Waals surface area contributed by atoms with E-state index in [9.17, 15) is 0 Å². The van der Waals surface area contributed by atoms with Crippen LogP contribution in [0.15, 0.2) is 17.0 Å². The van der Waals surface area contributed by atoms with Gasteiger partial charge in [0.05, 0.1) is 11.8 Å². The fraction of sp³-hybridized carbons (Fsp3) is 0.625. The van der Waals surface area contributed by atoms with Gasteiger partial charge in [0.2, 0.25) is 0 Å². The summed E-state index contributed by atoms with van der Waals surface area (Å²) < 4.78 is 1.07. The highest BCUT2D eigenvalue weighted by atomic mass is 35.5. The number of allylic oxidation sites excluding steroid dienone is 1. The fourth-order valence-electron chi connectivity index (χ4n) is 1.26. The molecular formula is C8H15Cl2N5. The lowest BCUT2D eigenvalue weighted by molar-refractivity contribution is 0.0456. The minimum atomic E-state index is 0.349. The van der Waals surface area contributed by atoms with Gasteiger partial charge in [-0.15, -0.1) is 9.74 Å². The Bertz CT molecular complexity index is 276. The number of hydrogen-bond acceptors (Lipinski definition) is 5. The maximum absolute atomic E-state index is 5.82. The number of nitrogens with zero attached hydrogens (tertiary/aromatic N) is 4. The predicted molar refractivity (Wildman–Crippen MR) is 62.9 cm³/mol. The summed E-state index contributed by atoms with van der Waals surface area (Å²) in [6.45, 7) is 2.98. The Hall–Kier alpha value is -0.650. The Kier molecular flexibility index (Phi) is 4.50. The molecule has 0 unspecified atom stereocenters. The van der Waals surface area contributed by atoms with E-state index in [2.05, 4.69) is 17.5 Å². The molecule has 1 aliphatic heterocycles. The van der Waals surface area contributed by atoms with Crippen LogP contribution in [-0.2, 0) is 0 Å². The summed E-state index contributed by atoms with van der Waals surface area (Å²) in [6, 6.07) is 0. The van der Waals surface area contributed by atoms with Gasteiger partial charge >= 0.3 is 0 Å². The van der Waals surface area contributed by atoms with Gasteiger partial charge in [-0.1, -0.05) is 18.5 Å². The monoisotopic (exact) mass is 251 g/mol. The second-order valence-electron chi connectivity index (χ2n) is 3.29. The second kappa shape index (κ2) is 5.44. The lowest BCUT2D eigenvalue weighted by Crippen LogP contribution is -2.45. The van der Waals surface area contributed by atoms with Gasteiger partial charge in [0, 0.05) is 26.7 Å². The van der Waals surface area contributed by atoms with Crippen LogP contribution in [-0.4, -0.2) is 40.5 Å². The Morgan fingerprint density at radius 3 is 2.67 bits per heavy atom. The summed E-state index contributed by atoms with van der Waals surface area (Å²) in [5, 5.41) is 8.11. The maximum Gasteiger partial charge on any atom is 0.156 e. The molecule has 7 heteroatoms. The van der Waals surface area contributed by atoms with Crippen LogP contribution in [0.25, 0.3) is 0 Å². The SMILES string of the molecule is CCCN(C1=CC(Cl)=NN(Cl)N1)N(C)C. The van der Waals surface area contributed by atoms with E-state index in [1.165, 1.54) is 0 Å². The molecule has 0 spiro atoms. The average molecular weight is 252 g/mol. The molecule has 0 saturated heterocycles. The summed E-state index contributed by atoms with van der Waals surface area (Å²) in [5.41, 5.74) is 2.89. The van der Waals surface area contributed by atoms with Crippen LogP contribution in [0.4, 0.5) is 0 Å². The minimum absolute atomic E-state index is 0.349. The second-order valence-corrected chi connectivity index (χ2v) is 4.00. The number of halogens is 2. The van der Waals surface area contributed by atoms with Gasteiger partial charge in [-0.3, -0.25) is 10.4 Å². The smallest absolute Gasteiger partial charge is 0.156 e. The van der Waals surface area contributed by atoms with Crippen molar-refractivity contribution in [1.29, 1.82) is 0 Å². The van der Waals surface area contributed by atoms with Crippen molar-refractivity contribution in [3.63, 3.8) is 0 Å². The molecule has 0 bridgehead atoms. The molecule has 0 aromatic rings. The largest absolute Gasteiger partial charge is 0.290 e. The minimum Gasteiger partial charge on any atom is -0.290 e. The van der Waals surface area contributed by atoms with Crippen LogP contribution in [0, 0.1) is 0 Å². The first-order chi connectivity index (χ1) is 7.04. The fourth-order valence-corrected chi connectivity index (χ4v) is 1.64. The van der Waals surface area contributed by atoms with Crippen LogP contribution >= 0.6 is 23.4 Å². The van der Waals surface area contributed by atoms with E-state index < -0.39 is 0 Å². The zero-order chi connectivity index (χ0) is 11.4. The van der Waals surface area contributed by atoms with Crippen molar-refractivity contribution >= 4 is 28.5 Å². The number of hydrazine groups is 2. The predicted octanol–water partition coefficient (Wildman–Crippen LogP) is 1.54. The van der Waals surface area contributed by atoms with Crippen molar-refractivity contribution in [3.05, 3.63) is 11.9 Å². The van der Waals surface area contributed by atoms with Crippen LogP contribution in [0.5, 0.6) is 0 Å². The highest BCUT2D eigenvalue weighted by molar-refractivity contribution is 6.68. The van der Waals surface area contributed by atoms with E-state index in [4.69, 9.17) is 23.4 Å². The van der Waals surface area contributed by atoms with Gasteiger partial charge in [0.15, 0.2) is 5.17 Å². The first-order valence-electron chi connectivity index (χ1n) is 4.67. The standard InChI is InChI=1S/C8H15Cl2N5/c1-4-5-14(13(2)3)8-6-7(9)11-15(10)12-8/h6,12H,4-5H2,1-3H3. The zero-order valence-corrected chi connectivity index (χ0v) is 10.5. The quantitative estimate of drug-likeness (QED) is 0.608. The van der Waals surface area contributed by atoms with E-state index in [-0.39, 0.29) is 0 Å². The third-order valence-electron chi connectivity index (χ3n) is 1.84. The maximum atomic E-state index is 5.82. The van der Waals surface area contributed by atoms with E-state index in [0.29, 0.717) is 5.17 Å². The summed E-state index contributed by atoms with van der Waals surface area (Å²) in [5.74, 6) is 0.803. The Morgan fingerprint density at radius 2 is 2.20 bits per heavy atom. The summed E-state index contributed by atoms with van der Waals surface area (Å²) in [7, 11) is 3.91. The van der Waals surface area contributed by atoms with Crippen molar-refractivity contribution in [2.24, 2.45) is 5.10 Å². The van der Waals surface area contributed by atoms with E-state index in [1.54, 1.807) is 6.08 Å². The van der Waals surface area contributed by atoms with Crippen LogP contribution < -0.4 is 5.43 Å².